The van der Waals surface area contributed by atoms with Crippen molar-refractivity contribution in [2.45, 2.75) is 31.3 Å². The molecule has 7 nitrogen and oxygen atoms in total. The lowest BCUT2D eigenvalue weighted by molar-refractivity contribution is -0.131. The Morgan fingerprint density at radius 2 is 1.94 bits per heavy atom. The Morgan fingerprint density at radius 1 is 1.15 bits per heavy atom. The highest BCUT2D eigenvalue weighted by molar-refractivity contribution is 7.89. The Hall–Kier alpha value is -2.10. The smallest absolute Gasteiger partial charge is 0.244 e. The third-order valence-corrected chi connectivity index (χ3v) is 8.22. The zero-order valence-electron chi connectivity index (χ0n) is 18.4. The van der Waals surface area contributed by atoms with Crippen molar-refractivity contribution < 1.29 is 13.2 Å². The van der Waals surface area contributed by atoms with Gasteiger partial charge in [-0.3, -0.25) is 10.1 Å². The third kappa shape index (κ3) is 5.20. The standard InChI is InChI=1S/C23H26Cl2N4O3S/c1-15-10-18-12-20(25)11-17(23(18)27-15)6-7-26-22-14-28(16(2)30)8-9-29(22)33(31,32)21-5-3-4-19(24)13-21/h3-5,10-13,22,26-27H,6-9,14H2,1-2H3/t22-/m1/s1. The second-order valence-corrected chi connectivity index (χ2v) is 11.0. The molecule has 1 aliphatic rings. The lowest BCUT2D eigenvalue weighted by atomic mass is 10.1. The average molecular weight is 509 g/mol. The Kier molecular flexibility index (Phi) is 7.02. The normalized spacial score (nSPS) is 17.6. The number of sulfonamides is 1. The van der Waals surface area contributed by atoms with Crippen molar-refractivity contribution in [1.29, 1.82) is 0 Å². The molecule has 3 aromatic rings. The lowest BCUT2D eigenvalue weighted by Crippen LogP contribution is -2.61. The highest BCUT2D eigenvalue weighted by atomic mass is 35.5. The topological polar surface area (TPSA) is 85.5 Å². The molecule has 176 valence electrons. The van der Waals surface area contributed by atoms with Gasteiger partial charge in [0.15, 0.2) is 0 Å². The van der Waals surface area contributed by atoms with E-state index in [1.807, 2.05) is 25.1 Å². The van der Waals surface area contributed by atoms with Crippen molar-refractivity contribution in [3.05, 3.63) is 63.8 Å². The molecule has 0 unspecified atom stereocenters. The van der Waals surface area contributed by atoms with Gasteiger partial charge in [-0.2, -0.15) is 4.31 Å². The number of piperazine rings is 1. The van der Waals surface area contributed by atoms with Gasteiger partial charge in [-0.05, 0) is 55.3 Å². The van der Waals surface area contributed by atoms with Crippen LogP contribution >= 0.6 is 23.2 Å². The fraction of sp³-hybridized carbons (Fsp3) is 0.348. The van der Waals surface area contributed by atoms with Crippen molar-refractivity contribution in [3.8, 4) is 0 Å². The van der Waals surface area contributed by atoms with Crippen LogP contribution in [0.15, 0.2) is 47.4 Å². The zero-order chi connectivity index (χ0) is 23.8. The summed E-state index contributed by atoms with van der Waals surface area (Å²) >= 11 is 12.3. The van der Waals surface area contributed by atoms with Gasteiger partial charge in [0.05, 0.1) is 17.6 Å². The predicted octanol–water partition coefficient (Wildman–Crippen LogP) is 3.79. The van der Waals surface area contributed by atoms with Crippen molar-refractivity contribution in [2.24, 2.45) is 0 Å². The summed E-state index contributed by atoms with van der Waals surface area (Å²) in [6.07, 6.45) is 0.0743. The minimum absolute atomic E-state index is 0.0833. The second-order valence-electron chi connectivity index (χ2n) is 8.24. The summed E-state index contributed by atoms with van der Waals surface area (Å²) in [6.45, 7) is 4.79. The molecule has 2 N–H and O–H groups in total. The first kappa shape index (κ1) is 24.0. The number of amides is 1. The summed E-state index contributed by atoms with van der Waals surface area (Å²) in [6, 6.07) is 12.1. The third-order valence-electron chi connectivity index (χ3n) is 5.86. The number of nitrogens with zero attached hydrogens (tertiary/aromatic N) is 2. The van der Waals surface area contributed by atoms with Crippen LogP contribution in [0, 0.1) is 6.92 Å². The zero-order valence-corrected chi connectivity index (χ0v) is 20.8. The van der Waals surface area contributed by atoms with E-state index in [-0.39, 0.29) is 23.9 Å². The van der Waals surface area contributed by atoms with Gasteiger partial charge in [-0.1, -0.05) is 29.3 Å². The minimum Gasteiger partial charge on any atom is -0.358 e. The molecule has 0 radical (unpaired) electrons. The van der Waals surface area contributed by atoms with Crippen LogP contribution in [0.3, 0.4) is 0 Å². The summed E-state index contributed by atoms with van der Waals surface area (Å²) in [4.78, 5) is 17.2. The summed E-state index contributed by atoms with van der Waals surface area (Å²) in [5.74, 6) is -0.0833. The molecule has 1 aromatic heterocycles. The predicted molar refractivity (Wildman–Crippen MR) is 131 cm³/mol. The van der Waals surface area contributed by atoms with Gasteiger partial charge in [-0.15, -0.1) is 0 Å². The maximum Gasteiger partial charge on any atom is 0.244 e. The highest BCUT2D eigenvalue weighted by Gasteiger charge is 2.36. The van der Waals surface area contributed by atoms with E-state index in [1.165, 1.54) is 23.4 Å². The van der Waals surface area contributed by atoms with Gasteiger partial charge in [0, 0.05) is 53.2 Å². The number of aromatic amines is 1. The van der Waals surface area contributed by atoms with Gasteiger partial charge in [0.1, 0.15) is 0 Å². The van der Waals surface area contributed by atoms with Gasteiger partial charge in [-0.25, -0.2) is 8.42 Å². The first-order valence-electron chi connectivity index (χ1n) is 10.7. The largest absolute Gasteiger partial charge is 0.358 e. The van der Waals surface area contributed by atoms with E-state index in [1.54, 1.807) is 17.0 Å². The van der Waals surface area contributed by atoms with Gasteiger partial charge < -0.3 is 9.88 Å². The van der Waals surface area contributed by atoms with E-state index >= 15 is 0 Å². The molecule has 1 saturated heterocycles. The molecule has 33 heavy (non-hydrogen) atoms. The van der Waals surface area contributed by atoms with Crippen LogP contribution in [0.4, 0.5) is 0 Å². The molecule has 4 rings (SSSR count). The molecule has 2 aromatic carbocycles. The molecule has 0 bridgehead atoms. The molecular formula is C23H26Cl2N4O3S. The van der Waals surface area contributed by atoms with Gasteiger partial charge in [0.25, 0.3) is 0 Å². The Bertz CT molecular complexity index is 1290. The summed E-state index contributed by atoms with van der Waals surface area (Å²) < 4.78 is 28.2. The van der Waals surface area contributed by atoms with Crippen molar-refractivity contribution in [3.63, 3.8) is 0 Å². The SMILES string of the molecule is CC(=O)N1CCN(S(=O)(=O)c2cccc(Cl)c2)[C@@H](NCCc2cc(Cl)cc3cc(C)[nH]c23)C1. The number of nitrogens with one attached hydrogen (secondary N) is 2. The number of hydrogen-bond acceptors (Lipinski definition) is 4. The maximum absolute atomic E-state index is 13.4. The van der Waals surface area contributed by atoms with Crippen LogP contribution in [0.1, 0.15) is 18.2 Å². The summed E-state index contributed by atoms with van der Waals surface area (Å²) in [5.41, 5.74) is 3.11. The molecular weight excluding hydrogens is 483 g/mol. The number of carbonyl (C=O) groups excluding carboxylic acids is 1. The molecule has 0 aliphatic carbocycles. The van der Waals surface area contributed by atoms with Crippen LogP contribution in [0.5, 0.6) is 0 Å². The van der Waals surface area contributed by atoms with E-state index in [2.05, 4.69) is 10.3 Å². The van der Waals surface area contributed by atoms with E-state index in [0.717, 1.165) is 22.2 Å². The quantitative estimate of drug-likeness (QED) is 0.530. The first-order chi connectivity index (χ1) is 15.6. The van der Waals surface area contributed by atoms with Crippen molar-refractivity contribution >= 4 is 50.0 Å². The molecule has 1 atom stereocenters. The second kappa shape index (κ2) is 9.64. The van der Waals surface area contributed by atoms with Crippen LogP contribution in [0.25, 0.3) is 10.9 Å². The number of aromatic nitrogens is 1. The minimum atomic E-state index is -3.79. The Balaban J connectivity index is 1.55. The molecule has 1 amide bonds. The molecule has 2 heterocycles. The van der Waals surface area contributed by atoms with Crippen molar-refractivity contribution in [2.75, 3.05) is 26.2 Å². The fourth-order valence-corrected chi connectivity index (χ4v) is 6.36. The number of fused-ring (bicyclic) bond motifs is 1. The highest BCUT2D eigenvalue weighted by Crippen LogP contribution is 2.26. The van der Waals surface area contributed by atoms with E-state index in [9.17, 15) is 13.2 Å². The molecule has 1 fully saturated rings. The number of aryl methyl sites for hydroxylation is 1. The molecule has 1 aliphatic heterocycles. The van der Waals surface area contributed by atoms with E-state index in [4.69, 9.17) is 23.2 Å². The number of rotatable bonds is 6. The number of halogens is 2. The van der Waals surface area contributed by atoms with Gasteiger partial charge in [0.2, 0.25) is 15.9 Å². The van der Waals surface area contributed by atoms with Crippen LogP contribution < -0.4 is 5.32 Å². The molecule has 10 heteroatoms. The Morgan fingerprint density at radius 3 is 2.67 bits per heavy atom. The van der Waals surface area contributed by atoms with Gasteiger partial charge >= 0.3 is 0 Å². The lowest BCUT2D eigenvalue weighted by Gasteiger charge is -2.40. The van der Waals surface area contributed by atoms with E-state index in [0.29, 0.717) is 29.6 Å². The molecule has 0 spiro atoms. The molecule has 0 saturated carbocycles. The number of H-pyrrole nitrogens is 1. The van der Waals surface area contributed by atoms with Crippen LogP contribution in [-0.4, -0.2) is 60.9 Å². The van der Waals surface area contributed by atoms with Crippen LogP contribution in [-0.2, 0) is 21.2 Å². The summed E-state index contributed by atoms with van der Waals surface area (Å²) in [5, 5.41) is 5.40. The first-order valence-corrected chi connectivity index (χ1v) is 12.9. The summed E-state index contributed by atoms with van der Waals surface area (Å²) in [7, 11) is -3.79. The Labute approximate surface area is 203 Å². The van der Waals surface area contributed by atoms with E-state index < -0.39 is 16.2 Å². The van der Waals surface area contributed by atoms with Crippen LogP contribution in [0.2, 0.25) is 10.0 Å². The van der Waals surface area contributed by atoms with Crippen molar-refractivity contribution in [1.82, 2.24) is 19.5 Å². The number of hydrogen-bond donors (Lipinski definition) is 2. The maximum atomic E-state index is 13.4. The number of carbonyl (C=O) groups is 1. The number of benzene rings is 2. The fourth-order valence-electron chi connectivity index (χ4n) is 4.26. The average Bonchev–Trinajstić information content (AvgIpc) is 3.13. The monoisotopic (exact) mass is 508 g/mol.